The molecule has 2 rings (SSSR count). The van der Waals surface area contributed by atoms with E-state index in [1.165, 1.54) is 37.0 Å². The Kier molecular flexibility index (Phi) is 4.06. The summed E-state index contributed by atoms with van der Waals surface area (Å²) in [5.74, 6) is 0. The molecule has 84 valence electrons. The highest BCUT2D eigenvalue weighted by Gasteiger charge is 2.18. The number of nitrogens with zero attached hydrogens (tertiary/aromatic N) is 1. The lowest BCUT2D eigenvalue weighted by Crippen LogP contribution is -2.32. The summed E-state index contributed by atoms with van der Waals surface area (Å²) in [5, 5.41) is 0. The molecule has 0 bridgehead atoms. The van der Waals surface area contributed by atoms with Gasteiger partial charge in [-0.3, -0.25) is 4.90 Å². The maximum Gasteiger partial charge on any atom is 0.0931 e. The summed E-state index contributed by atoms with van der Waals surface area (Å²) in [5.41, 5.74) is 0. The van der Waals surface area contributed by atoms with Gasteiger partial charge in [-0.1, -0.05) is 30.9 Å². The molecular formula is C12H18ClNS. The van der Waals surface area contributed by atoms with E-state index in [-0.39, 0.29) is 0 Å². The molecule has 1 aliphatic rings. The minimum absolute atomic E-state index is 0.791. The highest BCUT2D eigenvalue weighted by molar-refractivity contribution is 7.16. The topological polar surface area (TPSA) is 3.24 Å². The first kappa shape index (κ1) is 11.4. The lowest BCUT2D eigenvalue weighted by atomic mass is 9.94. The van der Waals surface area contributed by atoms with Gasteiger partial charge in [-0.05, 0) is 32.0 Å². The van der Waals surface area contributed by atoms with Gasteiger partial charge in [0.1, 0.15) is 0 Å². The molecule has 0 aromatic carbocycles. The van der Waals surface area contributed by atoms with Crippen molar-refractivity contribution in [2.75, 3.05) is 7.05 Å². The second-order valence-electron chi connectivity index (χ2n) is 4.41. The monoisotopic (exact) mass is 243 g/mol. The summed E-state index contributed by atoms with van der Waals surface area (Å²) in [4.78, 5) is 3.87. The van der Waals surface area contributed by atoms with E-state index in [1.54, 1.807) is 11.3 Å². The smallest absolute Gasteiger partial charge is 0.0931 e. The van der Waals surface area contributed by atoms with Crippen molar-refractivity contribution in [1.82, 2.24) is 4.90 Å². The zero-order valence-electron chi connectivity index (χ0n) is 9.21. The Morgan fingerprint density at radius 1 is 1.33 bits per heavy atom. The van der Waals surface area contributed by atoms with Gasteiger partial charge in [0, 0.05) is 17.5 Å². The molecule has 0 saturated heterocycles. The molecule has 0 aliphatic heterocycles. The quantitative estimate of drug-likeness (QED) is 0.771. The van der Waals surface area contributed by atoms with Crippen molar-refractivity contribution in [2.24, 2.45) is 0 Å². The molecule has 1 aliphatic carbocycles. The van der Waals surface area contributed by atoms with Crippen molar-refractivity contribution in [3.05, 3.63) is 21.3 Å². The zero-order valence-corrected chi connectivity index (χ0v) is 10.8. The van der Waals surface area contributed by atoms with E-state index in [0.717, 1.165) is 16.9 Å². The van der Waals surface area contributed by atoms with Gasteiger partial charge in [0.25, 0.3) is 0 Å². The maximum absolute atomic E-state index is 5.93. The van der Waals surface area contributed by atoms with Crippen molar-refractivity contribution in [3.8, 4) is 0 Å². The third-order valence-corrected chi connectivity index (χ3v) is 4.45. The van der Waals surface area contributed by atoms with Crippen LogP contribution in [0.4, 0.5) is 0 Å². The normalized spacial score (nSPS) is 18.6. The van der Waals surface area contributed by atoms with Crippen LogP contribution >= 0.6 is 22.9 Å². The minimum atomic E-state index is 0.791. The maximum atomic E-state index is 5.93. The summed E-state index contributed by atoms with van der Waals surface area (Å²) in [6.45, 7) is 1.06. The van der Waals surface area contributed by atoms with Crippen LogP contribution in [0.15, 0.2) is 12.1 Å². The minimum Gasteiger partial charge on any atom is -0.298 e. The van der Waals surface area contributed by atoms with Crippen LogP contribution in [0.2, 0.25) is 4.34 Å². The van der Waals surface area contributed by atoms with Crippen molar-refractivity contribution in [3.63, 3.8) is 0 Å². The van der Waals surface area contributed by atoms with E-state index in [1.807, 2.05) is 6.07 Å². The Hall–Kier alpha value is -0.0500. The van der Waals surface area contributed by atoms with E-state index in [4.69, 9.17) is 11.6 Å². The summed E-state index contributed by atoms with van der Waals surface area (Å²) < 4.78 is 0.905. The molecule has 1 aromatic rings. The van der Waals surface area contributed by atoms with Crippen molar-refractivity contribution >= 4 is 22.9 Å². The van der Waals surface area contributed by atoms with Crippen LogP contribution in [0.1, 0.15) is 37.0 Å². The van der Waals surface area contributed by atoms with Gasteiger partial charge in [-0.2, -0.15) is 0 Å². The van der Waals surface area contributed by atoms with Gasteiger partial charge in [-0.15, -0.1) is 11.3 Å². The molecule has 15 heavy (non-hydrogen) atoms. The molecule has 0 atom stereocenters. The number of hydrogen-bond acceptors (Lipinski definition) is 2. The Morgan fingerprint density at radius 2 is 2.07 bits per heavy atom. The summed E-state index contributed by atoms with van der Waals surface area (Å²) in [7, 11) is 2.24. The largest absolute Gasteiger partial charge is 0.298 e. The van der Waals surface area contributed by atoms with Crippen LogP contribution in [0.25, 0.3) is 0 Å². The zero-order chi connectivity index (χ0) is 10.7. The Balaban J connectivity index is 1.88. The average molecular weight is 244 g/mol. The predicted molar refractivity (Wildman–Crippen MR) is 67.7 cm³/mol. The standard InChI is InChI=1S/C12H18ClNS/c1-14(10-5-3-2-4-6-10)9-11-7-8-12(13)15-11/h7-8,10H,2-6,9H2,1H3. The van der Waals surface area contributed by atoms with Crippen molar-refractivity contribution < 1.29 is 0 Å². The first-order chi connectivity index (χ1) is 7.25. The fourth-order valence-electron chi connectivity index (χ4n) is 2.33. The molecule has 0 unspecified atom stereocenters. The molecule has 3 heteroatoms. The van der Waals surface area contributed by atoms with Crippen molar-refractivity contribution in [1.29, 1.82) is 0 Å². The molecule has 0 radical (unpaired) electrons. The van der Waals surface area contributed by atoms with Gasteiger partial charge in [0.05, 0.1) is 4.34 Å². The van der Waals surface area contributed by atoms with Crippen LogP contribution in [0.5, 0.6) is 0 Å². The lowest BCUT2D eigenvalue weighted by Gasteiger charge is -2.30. The van der Waals surface area contributed by atoms with Gasteiger partial charge in [0.2, 0.25) is 0 Å². The predicted octanol–water partition coefficient (Wildman–Crippen LogP) is 4.17. The number of hydrogen-bond donors (Lipinski definition) is 0. The van der Waals surface area contributed by atoms with Crippen LogP contribution in [0.3, 0.4) is 0 Å². The van der Waals surface area contributed by atoms with Crippen molar-refractivity contribution in [2.45, 2.75) is 44.7 Å². The summed E-state index contributed by atoms with van der Waals surface area (Å²) in [6, 6.07) is 4.93. The molecule has 1 heterocycles. The van der Waals surface area contributed by atoms with Gasteiger partial charge < -0.3 is 0 Å². The fourth-order valence-corrected chi connectivity index (χ4v) is 3.48. The molecule has 0 N–H and O–H groups in total. The van der Waals surface area contributed by atoms with E-state index in [2.05, 4.69) is 18.0 Å². The van der Waals surface area contributed by atoms with Gasteiger partial charge >= 0.3 is 0 Å². The lowest BCUT2D eigenvalue weighted by molar-refractivity contribution is 0.186. The van der Waals surface area contributed by atoms with E-state index >= 15 is 0 Å². The van der Waals surface area contributed by atoms with E-state index in [9.17, 15) is 0 Å². The molecule has 0 amide bonds. The summed E-state index contributed by atoms with van der Waals surface area (Å²) >= 11 is 7.63. The fraction of sp³-hybridized carbons (Fsp3) is 0.667. The molecular weight excluding hydrogens is 226 g/mol. The number of halogens is 1. The van der Waals surface area contributed by atoms with Crippen LogP contribution in [0, 0.1) is 0 Å². The van der Waals surface area contributed by atoms with Crippen LogP contribution in [-0.4, -0.2) is 18.0 Å². The SMILES string of the molecule is CN(Cc1ccc(Cl)s1)C1CCCCC1. The first-order valence-corrected chi connectivity index (χ1v) is 6.89. The summed E-state index contributed by atoms with van der Waals surface area (Å²) in [6.07, 6.45) is 6.97. The van der Waals surface area contributed by atoms with Gasteiger partial charge in [-0.25, -0.2) is 0 Å². The third-order valence-electron chi connectivity index (χ3n) is 3.23. The van der Waals surface area contributed by atoms with Gasteiger partial charge in [0.15, 0.2) is 0 Å². The molecule has 1 aromatic heterocycles. The first-order valence-electron chi connectivity index (χ1n) is 5.70. The second kappa shape index (κ2) is 5.33. The highest BCUT2D eigenvalue weighted by Crippen LogP contribution is 2.26. The van der Waals surface area contributed by atoms with Crippen LogP contribution < -0.4 is 0 Å². The number of rotatable bonds is 3. The molecule has 1 saturated carbocycles. The average Bonchev–Trinajstić information content (AvgIpc) is 2.65. The Labute approximate surface area is 101 Å². The number of thiophene rings is 1. The highest BCUT2D eigenvalue weighted by atomic mass is 35.5. The molecule has 0 spiro atoms. The second-order valence-corrected chi connectivity index (χ2v) is 6.21. The molecule has 1 fully saturated rings. The Morgan fingerprint density at radius 3 is 2.67 bits per heavy atom. The third kappa shape index (κ3) is 3.20. The van der Waals surface area contributed by atoms with E-state index in [0.29, 0.717) is 0 Å². The van der Waals surface area contributed by atoms with Crippen LogP contribution in [-0.2, 0) is 6.54 Å². The molecule has 1 nitrogen and oxygen atoms in total. The van der Waals surface area contributed by atoms with E-state index < -0.39 is 0 Å². The Bertz CT molecular complexity index is 304.